The molecule has 1 saturated carbocycles. The van der Waals surface area contributed by atoms with Gasteiger partial charge in [0.15, 0.2) is 0 Å². The van der Waals surface area contributed by atoms with Gasteiger partial charge in [0, 0.05) is 18.1 Å². The molecule has 0 aromatic carbocycles. The van der Waals surface area contributed by atoms with Crippen molar-refractivity contribution in [2.75, 3.05) is 6.54 Å². The third-order valence-corrected chi connectivity index (χ3v) is 5.52. The molecular formula is C23H33ClN4O4. The zero-order chi connectivity index (χ0) is 23.7. The van der Waals surface area contributed by atoms with Crippen LogP contribution >= 0.6 is 11.6 Å². The minimum atomic E-state index is -0.657. The monoisotopic (exact) mass is 464 g/mol. The second-order valence-electron chi connectivity index (χ2n) is 10.4. The summed E-state index contributed by atoms with van der Waals surface area (Å²) in [5, 5.41) is 3.71. The Balaban J connectivity index is 2.08. The van der Waals surface area contributed by atoms with Crippen LogP contribution in [0.4, 0.5) is 4.79 Å². The Hall–Kier alpha value is -2.35. The van der Waals surface area contributed by atoms with Gasteiger partial charge < -0.3 is 19.4 Å². The molecule has 3 rings (SSSR count). The highest BCUT2D eigenvalue weighted by Crippen LogP contribution is 2.39. The summed E-state index contributed by atoms with van der Waals surface area (Å²) in [5.41, 5.74) is -0.901. The van der Waals surface area contributed by atoms with Gasteiger partial charge in [0.05, 0.1) is 5.54 Å². The summed E-state index contributed by atoms with van der Waals surface area (Å²) in [6.07, 6.45) is 5.65. The molecule has 0 unspecified atom stereocenters. The van der Waals surface area contributed by atoms with Crippen LogP contribution in [0, 0.1) is 0 Å². The Morgan fingerprint density at radius 2 is 1.72 bits per heavy atom. The number of hydrogen-bond donors (Lipinski definition) is 1. The van der Waals surface area contributed by atoms with E-state index in [0.29, 0.717) is 23.3 Å². The molecule has 1 N–H and O–H groups in total. The van der Waals surface area contributed by atoms with Crippen molar-refractivity contribution >= 4 is 34.7 Å². The Morgan fingerprint density at radius 1 is 1.09 bits per heavy atom. The topological polar surface area (TPSA) is 95.3 Å². The lowest BCUT2D eigenvalue weighted by molar-refractivity contribution is 0.00468. The molecule has 0 saturated heterocycles. The largest absolute Gasteiger partial charge is 0.455 e. The standard InChI is InChI=1S/C23H33ClN4O4/c1-21(2,3)31-18(29)16-12-15-13-25-19(24)27-17(15)28(16)23(10-8-7-9-11-23)14-26-20(30)32-22(4,5)6/h12-13H,7-11,14H2,1-6H3,(H,26,30). The maximum atomic E-state index is 13.2. The molecule has 0 bridgehead atoms. The molecule has 1 aliphatic rings. The molecule has 1 amide bonds. The summed E-state index contributed by atoms with van der Waals surface area (Å²) in [5.74, 6) is -0.450. The highest BCUT2D eigenvalue weighted by atomic mass is 35.5. The third kappa shape index (κ3) is 5.71. The van der Waals surface area contributed by atoms with Gasteiger partial charge in [-0.2, -0.15) is 4.98 Å². The Morgan fingerprint density at radius 3 is 2.31 bits per heavy atom. The van der Waals surface area contributed by atoms with Gasteiger partial charge in [-0.1, -0.05) is 19.3 Å². The molecule has 0 radical (unpaired) electrons. The van der Waals surface area contributed by atoms with Gasteiger partial charge >= 0.3 is 12.1 Å². The molecule has 0 atom stereocenters. The van der Waals surface area contributed by atoms with Gasteiger partial charge in [-0.05, 0) is 72.1 Å². The summed E-state index contributed by atoms with van der Waals surface area (Å²) < 4.78 is 13.0. The van der Waals surface area contributed by atoms with E-state index in [2.05, 4.69) is 15.3 Å². The first kappa shape index (κ1) is 24.3. The van der Waals surface area contributed by atoms with E-state index >= 15 is 0 Å². The van der Waals surface area contributed by atoms with Crippen LogP contribution in [-0.2, 0) is 15.0 Å². The lowest BCUT2D eigenvalue weighted by atomic mass is 9.81. The molecule has 2 aromatic heterocycles. The van der Waals surface area contributed by atoms with Crippen molar-refractivity contribution < 1.29 is 19.1 Å². The molecule has 2 aromatic rings. The Bertz CT molecular complexity index is 998. The number of halogens is 1. The van der Waals surface area contributed by atoms with Crippen molar-refractivity contribution in [3.05, 3.63) is 23.2 Å². The molecular weight excluding hydrogens is 432 g/mol. The molecule has 0 aliphatic heterocycles. The van der Waals surface area contributed by atoms with Crippen LogP contribution in [0.3, 0.4) is 0 Å². The number of nitrogens with zero attached hydrogens (tertiary/aromatic N) is 3. The highest BCUT2D eigenvalue weighted by Gasteiger charge is 2.40. The maximum Gasteiger partial charge on any atom is 0.407 e. The van der Waals surface area contributed by atoms with E-state index in [-0.39, 0.29) is 5.28 Å². The predicted octanol–water partition coefficient (Wildman–Crippen LogP) is 5.22. The molecule has 1 fully saturated rings. The van der Waals surface area contributed by atoms with E-state index in [1.165, 1.54) is 0 Å². The van der Waals surface area contributed by atoms with Gasteiger partial charge in [0.1, 0.15) is 22.5 Å². The van der Waals surface area contributed by atoms with Crippen LogP contribution in [0.15, 0.2) is 12.3 Å². The first-order valence-electron chi connectivity index (χ1n) is 11.0. The first-order valence-corrected chi connectivity index (χ1v) is 11.4. The summed E-state index contributed by atoms with van der Waals surface area (Å²) in [4.78, 5) is 34.2. The maximum absolute atomic E-state index is 13.2. The average molecular weight is 465 g/mol. The lowest BCUT2D eigenvalue weighted by Crippen LogP contribution is -2.48. The number of ether oxygens (including phenoxy) is 2. The number of carbonyl (C=O) groups is 2. The van der Waals surface area contributed by atoms with Crippen molar-refractivity contribution in [1.29, 1.82) is 0 Å². The van der Waals surface area contributed by atoms with E-state index in [1.54, 1.807) is 12.3 Å². The van der Waals surface area contributed by atoms with Gasteiger partial charge in [-0.15, -0.1) is 0 Å². The normalized spacial score (nSPS) is 16.6. The average Bonchev–Trinajstić information content (AvgIpc) is 3.04. The number of aromatic nitrogens is 3. The molecule has 1 aliphatic carbocycles. The number of nitrogens with one attached hydrogen (secondary N) is 1. The number of amides is 1. The van der Waals surface area contributed by atoms with E-state index in [9.17, 15) is 9.59 Å². The number of carbonyl (C=O) groups excluding carboxylic acids is 2. The van der Waals surface area contributed by atoms with Crippen molar-refractivity contribution in [2.45, 2.75) is 90.4 Å². The number of fused-ring (bicyclic) bond motifs is 1. The van der Waals surface area contributed by atoms with Gasteiger partial charge in [-0.25, -0.2) is 14.6 Å². The quantitative estimate of drug-likeness (QED) is 0.492. The van der Waals surface area contributed by atoms with E-state index in [4.69, 9.17) is 21.1 Å². The number of hydrogen-bond acceptors (Lipinski definition) is 6. The molecule has 32 heavy (non-hydrogen) atoms. The van der Waals surface area contributed by atoms with Crippen molar-refractivity contribution in [2.24, 2.45) is 0 Å². The lowest BCUT2D eigenvalue weighted by Gasteiger charge is -2.40. The van der Waals surface area contributed by atoms with Crippen molar-refractivity contribution in [3.63, 3.8) is 0 Å². The van der Waals surface area contributed by atoms with Crippen molar-refractivity contribution in [3.8, 4) is 0 Å². The minimum Gasteiger partial charge on any atom is -0.455 e. The summed E-state index contributed by atoms with van der Waals surface area (Å²) in [6, 6.07) is 1.74. The van der Waals surface area contributed by atoms with E-state index < -0.39 is 28.8 Å². The number of rotatable bonds is 4. The molecule has 8 nitrogen and oxygen atoms in total. The number of alkyl carbamates (subject to hydrolysis) is 1. The van der Waals surface area contributed by atoms with Crippen LogP contribution in [0.1, 0.15) is 84.1 Å². The Labute approximate surface area is 194 Å². The van der Waals surface area contributed by atoms with Crippen LogP contribution < -0.4 is 5.32 Å². The summed E-state index contributed by atoms with van der Waals surface area (Å²) in [7, 11) is 0. The molecule has 9 heteroatoms. The fourth-order valence-corrected chi connectivity index (χ4v) is 4.30. The van der Waals surface area contributed by atoms with Gasteiger partial charge in [0.2, 0.25) is 5.28 Å². The zero-order valence-electron chi connectivity index (χ0n) is 19.7. The van der Waals surface area contributed by atoms with Crippen LogP contribution in [0.2, 0.25) is 5.28 Å². The number of esters is 1. The molecule has 2 heterocycles. The van der Waals surface area contributed by atoms with Crippen LogP contribution in [0.5, 0.6) is 0 Å². The van der Waals surface area contributed by atoms with E-state index in [1.807, 2.05) is 46.1 Å². The van der Waals surface area contributed by atoms with E-state index in [0.717, 1.165) is 32.1 Å². The predicted molar refractivity (Wildman–Crippen MR) is 123 cm³/mol. The van der Waals surface area contributed by atoms with Crippen LogP contribution in [0.25, 0.3) is 11.0 Å². The second kappa shape index (κ2) is 8.89. The van der Waals surface area contributed by atoms with Gasteiger partial charge in [-0.3, -0.25) is 0 Å². The highest BCUT2D eigenvalue weighted by molar-refractivity contribution is 6.28. The minimum absolute atomic E-state index is 0.0960. The molecule has 0 spiro atoms. The second-order valence-corrected chi connectivity index (χ2v) is 10.8. The third-order valence-electron chi connectivity index (χ3n) is 5.34. The van der Waals surface area contributed by atoms with Crippen LogP contribution in [-0.4, -0.2) is 44.3 Å². The van der Waals surface area contributed by atoms with Crippen molar-refractivity contribution in [1.82, 2.24) is 19.9 Å². The fourth-order valence-electron chi connectivity index (χ4n) is 4.17. The van der Waals surface area contributed by atoms with Gasteiger partial charge in [0.25, 0.3) is 0 Å². The zero-order valence-corrected chi connectivity index (χ0v) is 20.5. The summed E-state index contributed by atoms with van der Waals surface area (Å²) in [6.45, 7) is 11.2. The first-order chi connectivity index (χ1) is 14.8. The SMILES string of the molecule is CC(C)(C)OC(=O)NCC1(n2c(C(=O)OC(C)(C)C)cc3cnc(Cl)nc32)CCCCC1. The smallest absolute Gasteiger partial charge is 0.407 e. The summed E-state index contributed by atoms with van der Waals surface area (Å²) >= 11 is 6.13. The molecule has 176 valence electrons. The fraction of sp³-hybridized carbons (Fsp3) is 0.652. The Kier molecular flexibility index (Phi) is 6.75.